The second-order valence-corrected chi connectivity index (χ2v) is 11.9. The van der Waals surface area contributed by atoms with Gasteiger partial charge in [-0.3, -0.25) is 19.5 Å². The largest absolute Gasteiger partial charge is 0.493 e. The maximum Gasteiger partial charge on any atom is 0.257 e. The van der Waals surface area contributed by atoms with Gasteiger partial charge in [0.1, 0.15) is 12.7 Å². The van der Waals surface area contributed by atoms with Crippen molar-refractivity contribution >= 4 is 39.8 Å². The highest BCUT2D eigenvalue weighted by atomic mass is 16.5. The van der Waals surface area contributed by atoms with Gasteiger partial charge in [-0.15, -0.1) is 0 Å². The topological polar surface area (TPSA) is 127 Å². The fourth-order valence-electron chi connectivity index (χ4n) is 6.08. The molecule has 2 N–H and O–H groups in total. The summed E-state index contributed by atoms with van der Waals surface area (Å²) >= 11 is 0. The summed E-state index contributed by atoms with van der Waals surface area (Å²) in [6, 6.07) is 28.6. The molecule has 0 spiro atoms. The number of nitrogens with one attached hydrogen (secondary N) is 2. The van der Waals surface area contributed by atoms with Gasteiger partial charge in [-0.05, 0) is 60.2 Å². The lowest BCUT2D eigenvalue weighted by Crippen LogP contribution is -2.45. The smallest absolute Gasteiger partial charge is 0.257 e. The Morgan fingerprint density at radius 2 is 1.56 bits per heavy atom. The fraction of sp³-hybridized carbons (Fsp3) is 0.184. The third-order valence-corrected chi connectivity index (χ3v) is 8.73. The van der Waals surface area contributed by atoms with Crippen molar-refractivity contribution in [2.75, 3.05) is 55.9 Å². The molecule has 1 fully saturated rings. The number of methoxy groups -OCH3 is 2. The second kappa shape index (κ2) is 14.5. The number of anilines is 3. The number of carbonyl (C=O) groups is 2. The molecule has 50 heavy (non-hydrogen) atoms. The predicted molar refractivity (Wildman–Crippen MR) is 192 cm³/mol. The quantitative estimate of drug-likeness (QED) is 0.190. The first-order valence-corrected chi connectivity index (χ1v) is 16.2. The second-order valence-electron chi connectivity index (χ2n) is 11.9. The molecule has 0 radical (unpaired) electrons. The Kier molecular flexibility index (Phi) is 9.34. The first-order valence-electron chi connectivity index (χ1n) is 16.2. The van der Waals surface area contributed by atoms with E-state index in [0.29, 0.717) is 22.7 Å². The first kappa shape index (κ1) is 32.3. The summed E-state index contributed by atoms with van der Waals surface area (Å²) in [5, 5.41) is 10.9. The van der Waals surface area contributed by atoms with Gasteiger partial charge in [0.15, 0.2) is 11.5 Å². The zero-order valence-corrected chi connectivity index (χ0v) is 27.7. The van der Waals surface area contributed by atoms with E-state index < -0.39 is 11.8 Å². The molecular formula is C38H36N8O4. The minimum atomic E-state index is -0.410. The molecule has 6 aromatic rings. The molecule has 2 amide bonds. The molecular weight excluding hydrogens is 632 g/mol. The van der Waals surface area contributed by atoms with Crippen molar-refractivity contribution in [2.45, 2.75) is 6.54 Å². The number of aromatic nitrogens is 4. The van der Waals surface area contributed by atoms with Crippen LogP contribution in [0.5, 0.6) is 11.5 Å². The van der Waals surface area contributed by atoms with Crippen LogP contribution in [0.25, 0.3) is 16.6 Å². The molecule has 1 saturated heterocycles. The summed E-state index contributed by atoms with van der Waals surface area (Å²) in [4.78, 5) is 40.2. The van der Waals surface area contributed by atoms with Crippen molar-refractivity contribution in [1.29, 1.82) is 0 Å². The van der Waals surface area contributed by atoms with E-state index in [4.69, 9.17) is 9.47 Å². The molecule has 12 nitrogen and oxygen atoms in total. The summed E-state index contributed by atoms with van der Waals surface area (Å²) in [6.45, 7) is 4.48. The van der Waals surface area contributed by atoms with E-state index in [9.17, 15) is 9.59 Å². The predicted octanol–water partition coefficient (Wildman–Crippen LogP) is 5.66. The summed E-state index contributed by atoms with van der Waals surface area (Å²) in [5.74, 6) is -0.0809. The number of ether oxygens (including phenoxy) is 2. The number of amides is 2. The zero-order chi connectivity index (χ0) is 34.5. The molecule has 1 aliphatic rings. The van der Waals surface area contributed by atoms with Crippen molar-refractivity contribution in [1.82, 2.24) is 24.6 Å². The molecule has 2 aromatic heterocycles. The van der Waals surface area contributed by atoms with Crippen LogP contribution >= 0.6 is 0 Å². The van der Waals surface area contributed by atoms with Gasteiger partial charge in [0.2, 0.25) is 0 Å². The maximum atomic E-state index is 13.7. The van der Waals surface area contributed by atoms with Gasteiger partial charge in [0, 0.05) is 61.7 Å². The number of piperazine rings is 1. The Morgan fingerprint density at radius 3 is 2.32 bits per heavy atom. The van der Waals surface area contributed by atoms with Crippen molar-refractivity contribution in [3.63, 3.8) is 0 Å². The summed E-state index contributed by atoms with van der Waals surface area (Å²) in [7, 11) is 2.99. The van der Waals surface area contributed by atoms with Crippen LogP contribution in [0.15, 0.2) is 110 Å². The molecule has 12 heteroatoms. The van der Waals surface area contributed by atoms with Crippen LogP contribution in [-0.2, 0) is 6.54 Å². The molecule has 1 aliphatic heterocycles. The van der Waals surface area contributed by atoms with E-state index in [0.717, 1.165) is 55.0 Å². The van der Waals surface area contributed by atoms with Gasteiger partial charge in [-0.25, -0.2) is 9.67 Å². The fourth-order valence-corrected chi connectivity index (χ4v) is 6.08. The number of fused-ring (bicyclic) bond motifs is 1. The van der Waals surface area contributed by atoms with Crippen LogP contribution in [-0.4, -0.2) is 76.9 Å². The molecule has 4 aromatic carbocycles. The maximum absolute atomic E-state index is 13.7. The highest BCUT2D eigenvalue weighted by molar-refractivity contribution is 6.13. The van der Waals surface area contributed by atoms with Crippen LogP contribution in [0.2, 0.25) is 0 Å². The Balaban J connectivity index is 1.00. The molecule has 0 bridgehead atoms. The Hall–Kier alpha value is -6.27. The van der Waals surface area contributed by atoms with Gasteiger partial charge in [-0.1, -0.05) is 30.3 Å². The number of carbonyl (C=O) groups excluding carboxylic acids is 2. The third-order valence-electron chi connectivity index (χ3n) is 8.73. The molecule has 0 unspecified atom stereocenters. The number of hydrogen-bond donors (Lipinski definition) is 2. The SMILES string of the molecule is COc1cc(NC(=O)c2cnc3ccccc3c2)c(C(=O)Nc2ccc(N3CCN(Cc4cccc(-n5cncn5)c4)CC3)cc2)cc1OC. The van der Waals surface area contributed by atoms with Crippen molar-refractivity contribution in [3.8, 4) is 17.2 Å². The van der Waals surface area contributed by atoms with Gasteiger partial charge >= 0.3 is 0 Å². The number of hydrogen-bond acceptors (Lipinski definition) is 9. The zero-order valence-electron chi connectivity index (χ0n) is 27.7. The number of para-hydroxylation sites is 1. The average Bonchev–Trinajstić information content (AvgIpc) is 3.71. The number of rotatable bonds is 10. The third kappa shape index (κ3) is 7.10. The van der Waals surface area contributed by atoms with Crippen LogP contribution in [0.3, 0.4) is 0 Å². The van der Waals surface area contributed by atoms with Gasteiger partial charge in [-0.2, -0.15) is 5.10 Å². The normalized spacial score (nSPS) is 13.2. The summed E-state index contributed by atoms with van der Waals surface area (Å²) in [6.07, 6.45) is 4.75. The number of benzene rings is 4. The van der Waals surface area contributed by atoms with Crippen molar-refractivity contribution in [2.24, 2.45) is 0 Å². The van der Waals surface area contributed by atoms with E-state index >= 15 is 0 Å². The van der Waals surface area contributed by atoms with E-state index in [-0.39, 0.29) is 11.3 Å². The van der Waals surface area contributed by atoms with Crippen molar-refractivity contribution in [3.05, 3.63) is 127 Å². The lowest BCUT2D eigenvalue weighted by Gasteiger charge is -2.36. The average molecular weight is 669 g/mol. The molecule has 252 valence electrons. The van der Waals surface area contributed by atoms with Crippen LogP contribution < -0.4 is 25.0 Å². The Morgan fingerprint density at radius 1 is 0.780 bits per heavy atom. The van der Waals surface area contributed by atoms with Crippen LogP contribution in [0.4, 0.5) is 17.1 Å². The first-order chi connectivity index (χ1) is 24.5. The Bertz CT molecular complexity index is 2130. The minimum Gasteiger partial charge on any atom is -0.493 e. The lowest BCUT2D eigenvalue weighted by molar-refractivity contribution is 0.102. The molecule has 3 heterocycles. The van der Waals surface area contributed by atoms with Crippen LogP contribution in [0, 0.1) is 0 Å². The number of pyridine rings is 1. The Labute approximate surface area is 289 Å². The molecule has 7 rings (SSSR count). The van der Waals surface area contributed by atoms with Gasteiger partial charge in [0.05, 0.1) is 42.2 Å². The summed E-state index contributed by atoms with van der Waals surface area (Å²) in [5.41, 5.74) is 5.57. The highest BCUT2D eigenvalue weighted by Crippen LogP contribution is 2.34. The lowest BCUT2D eigenvalue weighted by atomic mass is 10.1. The van der Waals surface area contributed by atoms with Gasteiger partial charge in [0.25, 0.3) is 11.8 Å². The molecule has 0 atom stereocenters. The van der Waals surface area contributed by atoms with Crippen molar-refractivity contribution < 1.29 is 19.1 Å². The van der Waals surface area contributed by atoms with Crippen LogP contribution in [0.1, 0.15) is 26.3 Å². The monoisotopic (exact) mass is 668 g/mol. The summed E-state index contributed by atoms with van der Waals surface area (Å²) < 4.78 is 12.7. The highest BCUT2D eigenvalue weighted by Gasteiger charge is 2.21. The molecule has 0 saturated carbocycles. The molecule has 0 aliphatic carbocycles. The standard InChI is InChI=1S/C38H36N8O4/c1-49-35-20-32(34(21-36(35)50-2)43-37(47)28-19-27-7-3-4-9-33(27)40-22-28)38(48)42-29-10-12-30(13-11-29)45-16-14-44(15-17-45)23-26-6-5-8-31(18-26)46-25-39-24-41-46/h3-13,18-22,24-25H,14-17,23H2,1-2H3,(H,42,48)(H,43,47). The van der Waals surface area contributed by atoms with Gasteiger partial charge < -0.3 is 25.0 Å². The van der Waals surface area contributed by atoms with E-state index in [1.54, 1.807) is 29.2 Å². The van der Waals surface area contributed by atoms with E-state index in [2.05, 4.69) is 53.7 Å². The van der Waals surface area contributed by atoms with E-state index in [1.807, 2.05) is 54.6 Å². The number of nitrogens with zero attached hydrogens (tertiary/aromatic N) is 6. The van der Waals surface area contributed by atoms with E-state index in [1.165, 1.54) is 32.3 Å². The minimum absolute atomic E-state index is 0.219.